The van der Waals surface area contributed by atoms with Crippen molar-refractivity contribution in [3.63, 3.8) is 0 Å². The molecule has 1 aliphatic rings. The van der Waals surface area contributed by atoms with Gasteiger partial charge in [-0.05, 0) is 20.8 Å². The predicted octanol–water partition coefficient (Wildman–Crippen LogP) is -2.73. The maximum atomic E-state index is 12.9. The Morgan fingerprint density at radius 1 is 1.31 bits per heavy atom. The minimum atomic E-state index is -1.36. The molecule has 13 nitrogen and oxygen atoms in total. The summed E-state index contributed by atoms with van der Waals surface area (Å²) in [6.07, 6.45) is -3.80. The third-order valence-electron chi connectivity index (χ3n) is 4.67. The molecule has 0 aromatic carbocycles. The van der Waals surface area contributed by atoms with E-state index in [4.69, 9.17) is 19.9 Å². The third-order valence-corrected chi connectivity index (χ3v) is 4.67. The maximum absolute atomic E-state index is 12.9. The highest BCUT2D eigenvalue weighted by Crippen LogP contribution is 2.30. The first-order valence-electron chi connectivity index (χ1n) is 10.0. The molecule has 0 spiro atoms. The van der Waals surface area contributed by atoms with Gasteiger partial charge in [0.1, 0.15) is 24.9 Å². The second-order valence-corrected chi connectivity index (χ2v) is 8.24. The Hall–Kier alpha value is -2.58. The van der Waals surface area contributed by atoms with E-state index in [9.17, 15) is 29.4 Å². The van der Waals surface area contributed by atoms with Crippen molar-refractivity contribution in [3.8, 4) is 0 Å². The largest absolute Gasteiger partial charge is 0.443 e. The van der Waals surface area contributed by atoms with Gasteiger partial charge in [0.05, 0.1) is 12.0 Å². The van der Waals surface area contributed by atoms with Crippen LogP contribution in [0.3, 0.4) is 0 Å². The third kappa shape index (κ3) is 6.01. The molecular formula is C19H30N4O9. The van der Waals surface area contributed by atoms with E-state index in [1.807, 2.05) is 0 Å². The number of nitrogens with two attached hydrogens (primary N) is 1. The lowest BCUT2D eigenvalue weighted by atomic mass is 9.98. The molecule has 1 aromatic rings. The van der Waals surface area contributed by atoms with E-state index in [2.05, 4.69) is 5.32 Å². The van der Waals surface area contributed by atoms with Crippen LogP contribution in [0.5, 0.6) is 0 Å². The van der Waals surface area contributed by atoms with Crippen molar-refractivity contribution in [2.45, 2.75) is 52.0 Å². The van der Waals surface area contributed by atoms with Crippen LogP contribution in [0.25, 0.3) is 0 Å². The van der Waals surface area contributed by atoms with Gasteiger partial charge in [-0.1, -0.05) is 0 Å². The Labute approximate surface area is 183 Å². The molecular weight excluding hydrogens is 428 g/mol. The van der Waals surface area contributed by atoms with E-state index in [1.165, 1.54) is 0 Å². The van der Waals surface area contributed by atoms with Crippen molar-refractivity contribution < 1.29 is 34.0 Å². The number of hydrogen-bond donors (Lipinski definition) is 4. The SMILES string of the molecule is CC(C)(C)C(=O)OCn1c(=O)ccn([C@@H]2O[C@H](CO)C(O)[C@@H]2OCC(=O)NCCN)c1=O. The molecule has 2 heterocycles. The average Bonchev–Trinajstić information content (AvgIpc) is 3.04. The molecule has 1 aliphatic heterocycles. The van der Waals surface area contributed by atoms with Crippen molar-refractivity contribution in [1.82, 2.24) is 14.5 Å². The summed E-state index contributed by atoms with van der Waals surface area (Å²) in [4.78, 5) is 48.9. The van der Waals surface area contributed by atoms with E-state index in [0.29, 0.717) is 4.57 Å². The second kappa shape index (κ2) is 10.8. The normalized spacial score (nSPS) is 23.2. The van der Waals surface area contributed by atoms with Gasteiger partial charge in [0.15, 0.2) is 13.0 Å². The summed E-state index contributed by atoms with van der Waals surface area (Å²) < 4.78 is 17.7. The van der Waals surface area contributed by atoms with Crippen LogP contribution in [0.4, 0.5) is 0 Å². The lowest BCUT2D eigenvalue weighted by Gasteiger charge is -2.23. The molecule has 4 atom stereocenters. The Morgan fingerprint density at radius 2 is 2.00 bits per heavy atom. The van der Waals surface area contributed by atoms with Gasteiger partial charge in [0.25, 0.3) is 5.56 Å². The first kappa shape index (κ1) is 25.7. The standard InChI is InChI=1S/C19H30N4O9/c1-19(2,3)17(28)31-10-23-13(26)4-7-22(18(23)29)16-15(14(27)11(8-24)32-16)30-9-12(25)21-6-5-20/h4,7,11,14-16,24,27H,5-6,8-10,20H2,1-3H3,(H,21,25)/t11-,14?,15+,16-/m1/s1. The first-order chi connectivity index (χ1) is 15.0. The fraction of sp³-hybridized carbons (Fsp3) is 0.684. The first-order valence-corrected chi connectivity index (χ1v) is 10.0. The van der Waals surface area contributed by atoms with E-state index in [0.717, 1.165) is 16.8 Å². The fourth-order valence-corrected chi connectivity index (χ4v) is 2.89. The van der Waals surface area contributed by atoms with Gasteiger partial charge < -0.3 is 35.5 Å². The molecule has 180 valence electrons. The summed E-state index contributed by atoms with van der Waals surface area (Å²) in [5.74, 6) is -1.11. The van der Waals surface area contributed by atoms with E-state index < -0.39 is 73.0 Å². The van der Waals surface area contributed by atoms with Crippen LogP contribution in [0, 0.1) is 5.41 Å². The molecule has 1 fully saturated rings. The lowest BCUT2D eigenvalue weighted by molar-refractivity contribution is -0.157. The van der Waals surface area contributed by atoms with Crippen LogP contribution in [-0.2, 0) is 30.5 Å². The number of rotatable bonds is 9. The number of nitrogens with one attached hydrogen (secondary N) is 1. The van der Waals surface area contributed by atoms with E-state index in [1.54, 1.807) is 20.8 Å². The number of aliphatic hydroxyl groups excluding tert-OH is 2. The molecule has 0 aliphatic carbocycles. The van der Waals surface area contributed by atoms with Crippen molar-refractivity contribution in [1.29, 1.82) is 0 Å². The van der Waals surface area contributed by atoms with Gasteiger partial charge in [-0.2, -0.15) is 0 Å². The summed E-state index contributed by atoms with van der Waals surface area (Å²) in [5, 5.41) is 22.4. The number of esters is 1. The number of nitrogens with zero attached hydrogens (tertiary/aromatic N) is 2. The predicted molar refractivity (Wildman–Crippen MR) is 109 cm³/mol. The molecule has 1 unspecified atom stereocenters. The van der Waals surface area contributed by atoms with Crippen molar-refractivity contribution >= 4 is 11.9 Å². The van der Waals surface area contributed by atoms with Gasteiger partial charge in [-0.15, -0.1) is 0 Å². The number of carbonyl (C=O) groups is 2. The smallest absolute Gasteiger partial charge is 0.335 e. The zero-order valence-electron chi connectivity index (χ0n) is 18.2. The Kier molecular flexibility index (Phi) is 8.69. The zero-order chi connectivity index (χ0) is 24.1. The van der Waals surface area contributed by atoms with Crippen LogP contribution < -0.4 is 22.3 Å². The van der Waals surface area contributed by atoms with Crippen molar-refractivity contribution in [3.05, 3.63) is 33.1 Å². The van der Waals surface area contributed by atoms with Crippen molar-refractivity contribution in [2.75, 3.05) is 26.3 Å². The molecule has 13 heteroatoms. The average molecular weight is 458 g/mol. The molecule has 32 heavy (non-hydrogen) atoms. The molecule has 0 bridgehead atoms. The molecule has 0 saturated carbocycles. The highest BCUT2D eigenvalue weighted by molar-refractivity contribution is 5.77. The molecule has 0 radical (unpaired) electrons. The molecule has 1 amide bonds. The number of amides is 1. The Morgan fingerprint density at radius 3 is 2.59 bits per heavy atom. The van der Waals surface area contributed by atoms with Crippen LogP contribution in [-0.4, -0.2) is 75.8 Å². The monoisotopic (exact) mass is 458 g/mol. The van der Waals surface area contributed by atoms with Crippen molar-refractivity contribution in [2.24, 2.45) is 11.1 Å². The number of carbonyl (C=O) groups excluding carboxylic acids is 2. The molecule has 2 rings (SSSR count). The highest BCUT2D eigenvalue weighted by atomic mass is 16.6. The zero-order valence-corrected chi connectivity index (χ0v) is 18.2. The second-order valence-electron chi connectivity index (χ2n) is 8.24. The number of aromatic nitrogens is 2. The number of ether oxygens (including phenoxy) is 3. The fourth-order valence-electron chi connectivity index (χ4n) is 2.89. The van der Waals surface area contributed by atoms with Crippen LogP contribution in [0.15, 0.2) is 21.9 Å². The Balaban J connectivity index is 2.28. The van der Waals surface area contributed by atoms with E-state index in [-0.39, 0.29) is 13.1 Å². The Bertz CT molecular complexity index is 921. The van der Waals surface area contributed by atoms with E-state index >= 15 is 0 Å². The van der Waals surface area contributed by atoms with Gasteiger partial charge in [-0.25, -0.2) is 9.36 Å². The summed E-state index contributed by atoms with van der Waals surface area (Å²) in [6.45, 7) is 3.66. The maximum Gasteiger partial charge on any atom is 0.335 e. The number of aliphatic hydroxyl groups is 2. The molecule has 1 saturated heterocycles. The van der Waals surface area contributed by atoms with Crippen LogP contribution >= 0.6 is 0 Å². The summed E-state index contributed by atoms with van der Waals surface area (Å²) in [6, 6.07) is 1.05. The lowest BCUT2D eigenvalue weighted by Crippen LogP contribution is -2.45. The molecule has 1 aromatic heterocycles. The summed E-state index contributed by atoms with van der Waals surface area (Å²) in [7, 11) is 0. The summed E-state index contributed by atoms with van der Waals surface area (Å²) >= 11 is 0. The van der Waals surface area contributed by atoms with Gasteiger partial charge in [0, 0.05) is 25.4 Å². The minimum absolute atomic E-state index is 0.228. The topological polar surface area (TPSA) is 184 Å². The minimum Gasteiger partial charge on any atom is -0.443 e. The van der Waals surface area contributed by atoms with Crippen LogP contribution in [0.2, 0.25) is 0 Å². The number of hydrogen-bond acceptors (Lipinski definition) is 10. The van der Waals surface area contributed by atoms with Gasteiger partial charge in [0.2, 0.25) is 5.91 Å². The van der Waals surface area contributed by atoms with Gasteiger partial charge in [-0.3, -0.25) is 19.0 Å². The highest BCUT2D eigenvalue weighted by Gasteiger charge is 2.46. The quantitative estimate of drug-likeness (QED) is 0.283. The molecule has 5 N–H and O–H groups in total. The van der Waals surface area contributed by atoms with Crippen LogP contribution in [0.1, 0.15) is 27.0 Å². The van der Waals surface area contributed by atoms with Gasteiger partial charge >= 0.3 is 11.7 Å². The summed E-state index contributed by atoms with van der Waals surface area (Å²) in [5.41, 5.74) is 2.87.